The predicted octanol–water partition coefficient (Wildman–Crippen LogP) is 1.91. The maximum Gasteiger partial charge on any atom is 0.223 e. The van der Waals surface area contributed by atoms with Crippen LogP contribution in [0.5, 0.6) is 0 Å². The molecule has 88 valence electrons. The third kappa shape index (κ3) is 3.66. The van der Waals surface area contributed by atoms with Gasteiger partial charge in [-0.1, -0.05) is 17.7 Å². The summed E-state index contributed by atoms with van der Waals surface area (Å²) in [5.41, 5.74) is 2.18. The van der Waals surface area contributed by atoms with Crippen LogP contribution < -0.4 is 4.90 Å². The number of aryl methyl sites for hydroxylation is 1. The zero-order chi connectivity index (χ0) is 12.1. The van der Waals surface area contributed by atoms with Crippen molar-refractivity contribution in [1.82, 2.24) is 4.90 Å². The molecule has 0 spiro atoms. The van der Waals surface area contributed by atoms with E-state index in [0.29, 0.717) is 0 Å². The van der Waals surface area contributed by atoms with Crippen LogP contribution in [0.15, 0.2) is 24.3 Å². The van der Waals surface area contributed by atoms with Crippen molar-refractivity contribution < 1.29 is 4.79 Å². The van der Waals surface area contributed by atoms with E-state index in [4.69, 9.17) is 0 Å². The zero-order valence-corrected chi connectivity index (χ0v) is 10.5. The molecule has 0 fully saturated rings. The molecule has 1 amide bonds. The monoisotopic (exact) mass is 220 g/mol. The highest BCUT2D eigenvalue weighted by Gasteiger charge is 2.10. The standard InChI is InChI=1S/C13H20N2O/c1-11-5-7-13(8-6-11)15(12(2)16)10-9-14(3)4/h5-8H,9-10H2,1-4H3. The Morgan fingerprint density at radius 1 is 1.12 bits per heavy atom. The number of carbonyl (C=O) groups excluding carboxylic acids is 1. The van der Waals surface area contributed by atoms with Gasteiger partial charge >= 0.3 is 0 Å². The van der Waals surface area contributed by atoms with Crippen molar-refractivity contribution >= 4 is 11.6 Å². The lowest BCUT2D eigenvalue weighted by Gasteiger charge is -2.23. The second-order valence-corrected chi connectivity index (χ2v) is 4.31. The summed E-state index contributed by atoms with van der Waals surface area (Å²) in [5.74, 6) is 0.0886. The fourth-order valence-electron chi connectivity index (χ4n) is 1.49. The number of hydrogen-bond donors (Lipinski definition) is 0. The Hall–Kier alpha value is -1.35. The molecule has 0 unspecified atom stereocenters. The molecule has 0 N–H and O–H groups in total. The van der Waals surface area contributed by atoms with Crippen LogP contribution in [0.4, 0.5) is 5.69 Å². The molecule has 0 bridgehead atoms. The maximum atomic E-state index is 11.5. The first-order valence-electron chi connectivity index (χ1n) is 5.50. The summed E-state index contributed by atoms with van der Waals surface area (Å²) in [7, 11) is 4.01. The minimum atomic E-state index is 0.0886. The molecule has 3 nitrogen and oxygen atoms in total. The molecule has 0 aliphatic heterocycles. The Labute approximate surface area is 97.7 Å². The van der Waals surface area contributed by atoms with Gasteiger partial charge in [-0.15, -0.1) is 0 Å². The van der Waals surface area contributed by atoms with E-state index in [9.17, 15) is 4.79 Å². The molecule has 0 heterocycles. The zero-order valence-electron chi connectivity index (χ0n) is 10.5. The highest BCUT2D eigenvalue weighted by Crippen LogP contribution is 2.14. The fraction of sp³-hybridized carbons (Fsp3) is 0.462. The first kappa shape index (κ1) is 12.7. The van der Waals surface area contributed by atoms with E-state index in [0.717, 1.165) is 18.8 Å². The van der Waals surface area contributed by atoms with Gasteiger partial charge in [-0.05, 0) is 33.2 Å². The number of likely N-dealkylation sites (N-methyl/N-ethyl adjacent to an activating group) is 1. The number of rotatable bonds is 4. The van der Waals surface area contributed by atoms with Crippen molar-refractivity contribution in [2.45, 2.75) is 13.8 Å². The van der Waals surface area contributed by atoms with Gasteiger partial charge < -0.3 is 9.80 Å². The molecule has 0 radical (unpaired) electrons. The first-order valence-corrected chi connectivity index (χ1v) is 5.50. The second-order valence-electron chi connectivity index (χ2n) is 4.31. The SMILES string of the molecule is CC(=O)N(CCN(C)C)c1ccc(C)cc1. The molecule has 0 saturated heterocycles. The van der Waals surface area contributed by atoms with Crippen molar-refractivity contribution in [3.63, 3.8) is 0 Å². The Kier molecular flexibility index (Phi) is 4.50. The van der Waals surface area contributed by atoms with Gasteiger partial charge in [0.15, 0.2) is 0 Å². The number of carbonyl (C=O) groups is 1. The van der Waals surface area contributed by atoms with Crippen LogP contribution in [0.3, 0.4) is 0 Å². The Balaban J connectivity index is 2.77. The van der Waals surface area contributed by atoms with Gasteiger partial charge in [0.1, 0.15) is 0 Å². The number of nitrogens with zero attached hydrogens (tertiary/aromatic N) is 2. The van der Waals surface area contributed by atoms with Crippen LogP contribution in [0.25, 0.3) is 0 Å². The van der Waals surface area contributed by atoms with Crippen molar-refractivity contribution in [1.29, 1.82) is 0 Å². The van der Waals surface area contributed by atoms with Crippen molar-refractivity contribution in [2.75, 3.05) is 32.1 Å². The van der Waals surface area contributed by atoms with Crippen LogP contribution in [0, 0.1) is 6.92 Å². The normalized spacial score (nSPS) is 10.6. The summed E-state index contributed by atoms with van der Waals surface area (Å²) in [6, 6.07) is 8.04. The number of amides is 1. The summed E-state index contributed by atoms with van der Waals surface area (Å²) in [4.78, 5) is 15.4. The van der Waals surface area contributed by atoms with Gasteiger partial charge in [0.05, 0.1) is 0 Å². The third-order valence-corrected chi connectivity index (χ3v) is 2.50. The fourth-order valence-corrected chi connectivity index (χ4v) is 1.49. The smallest absolute Gasteiger partial charge is 0.223 e. The summed E-state index contributed by atoms with van der Waals surface area (Å²) in [5, 5.41) is 0. The minimum Gasteiger partial charge on any atom is -0.311 e. The molecule has 16 heavy (non-hydrogen) atoms. The van der Waals surface area contributed by atoms with Gasteiger partial charge in [0.2, 0.25) is 5.91 Å². The van der Waals surface area contributed by atoms with Crippen molar-refractivity contribution in [3.8, 4) is 0 Å². The molecule has 0 aliphatic carbocycles. The largest absolute Gasteiger partial charge is 0.311 e. The van der Waals surface area contributed by atoms with Gasteiger partial charge in [-0.25, -0.2) is 0 Å². The van der Waals surface area contributed by atoms with E-state index in [1.54, 1.807) is 11.8 Å². The van der Waals surface area contributed by atoms with Crippen molar-refractivity contribution in [2.24, 2.45) is 0 Å². The average Bonchev–Trinajstić information content (AvgIpc) is 2.20. The van der Waals surface area contributed by atoms with Gasteiger partial charge in [-0.2, -0.15) is 0 Å². The van der Waals surface area contributed by atoms with Crippen LogP contribution in [0.1, 0.15) is 12.5 Å². The van der Waals surface area contributed by atoms with Gasteiger partial charge in [0, 0.05) is 25.7 Å². The molecule has 0 aliphatic rings. The van der Waals surface area contributed by atoms with E-state index in [2.05, 4.69) is 4.90 Å². The molecule has 1 aromatic rings. The van der Waals surface area contributed by atoms with E-state index in [-0.39, 0.29) is 5.91 Å². The van der Waals surface area contributed by atoms with Crippen LogP contribution >= 0.6 is 0 Å². The average molecular weight is 220 g/mol. The number of anilines is 1. The van der Waals surface area contributed by atoms with E-state index < -0.39 is 0 Å². The molecule has 0 aromatic heterocycles. The molecule has 1 aromatic carbocycles. The Bertz CT molecular complexity index is 343. The van der Waals surface area contributed by atoms with Gasteiger partial charge in [-0.3, -0.25) is 4.79 Å². The molecule has 3 heteroatoms. The summed E-state index contributed by atoms with van der Waals surface area (Å²) >= 11 is 0. The molecule has 1 rings (SSSR count). The van der Waals surface area contributed by atoms with Gasteiger partial charge in [0.25, 0.3) is 0 Å². The summed E-state index contributed by atoms with van der Waals surface area (Å²) < 4.78 is 0. The maximum absolute atomic E-state index is 11.5. The molecule has 0 atom stereocenters. The lowest BCUT2D eigenvalue weighted by atomic mass is 10.2. The highest BCUT2D eigenvalue weighted by molar-refractivity contribution is 5.91. The van der Waals surface area contributed by atoms with Crippen LogP contribution in [-0.4, -0.2) is 38.0 Å². The minimum absolute atomic E-state index is 0.0886. The summed E-state index contributed by atoms with van der Waals surface area (Å²) in [6.45, 7) is 5.25. The predicted molar refractivity (Wildman–Crippen MR) is 67.8 cm³/mol. The van der Waals surface area contributed by atoms with E-state index in [1.165, 1.54) is 5.56 Å². The number of hydrogen-bond acceptors (Lipinski definition) is 2. The molecule has 0 saturated carbocycles. The van der Waals surface area contributed by atoms with Crippen molar-refractivity contribution in [3.05, 3.63) is 29.8 Å². The number of benzene rings is 1. The van der Waals surface area contributed by atoms with Crippen LogP contribution in [-0.2, 0) is 4.79 Å². The highest BCUT2D eigenvalue weighted by atomic mass is 16.2. The Morgan fingerprint density at radius 2 is 1.69 bits per heavy atom. The molecular weight excluding hydrogens is 200 g/mol. The Morgan fingerprint density at radius 3 is 2.12 bits per heavy atom. The quantitative estimate of drug-likeness (QED) is 0.774. The molecular formula is C13H20N2O. The van der Waals surface area contributed by atoms with E-state index in [1.807, 2.05) is 45.3 Å². The van der Waals surface area contributed by atoms with E-state index >= 15 is 0 Å². The lowest BCUT2D eigenvalue weighted by molar-refractivity contribution is -0.116. The topological polar surface area (TPSA) is 23.6 Å². The summed E-state index contributed by atoms with van der Waals surface area (Å²) in [6.07, 6.45) is 0. The van der Waals surface area contributed by atoms with Crippen LogP contribution in [0.2, 0.25) is 0 Å². The second kappa shape index (κ2) is 5.66. The lowest BCUT2D eigenvalue weighted by Crippen LogP contribution is -2.35. The first-order chi connectivity index (χ1) is 7.50. The third-order valence-electron chi connectivity index (χ3n) is 2.50.